The normalized spacial score (nSPS) is 11.2. The summed E-state index contributed by atoms with van der Waals surface area (Å²) in [5.41, 5.74) is 1.36. The van der Waals surface area contributed by atoms with Crippen molar-refractivity contribution in [1.29, 1.82) is 0 Å². The van der Waals surface area contributed by atoms with Gasteiger partial charge in [-0.1, -0.05) is 42.0 Å². The van der Waals surface area contributed by atoms with Crippen LogP contribution in [0.15, 0.2) is 59.0 Å². The third kappa shape index (κ3) is 4.30. The fraction of sp³-hybridized carbons (Fsp3) is 0. The number of rotatable bonds is 3. The van der Waals surface area contributed by atoms with Crippen molar-refractivity contribution in [3.05, 3.63) is 54.1 Å². The Morgan fingerprint density at radius 3 is 2.57 bits per heavy atom. The first kappa shape index (κ1) is 11.1. The van der Waals surface area contributed by atoms with Gasteiger partial charge in [-0.15, -0.1) is 0 Å². The Kier molecular flexibility index (Phi) is 5.12. The van der Waals surface area contributed by atoms with E-state index in [2.05, 4.69) is 0 Å². The number of allylic oxidation sites excluding steroid dienone is 2. The van der Waals surface area contributed by atoms with Crippen molar-refractivity contribution in [2.75, 3.05) is 0 Å². The van der Waals surface area contributed by atoms with Crippen LogP contribution in [-0.4, -0.2) is 5.12 Å². The van der Waals surface area contributed by atoms with Crippen LogP contribution in [0.4, 0.5) is 0 Å². The van der Waals surface area contributed by atoms with Crippen LogP contribution in [0.3, 0.4) is 0 Å². The van der Waals surface area contributed by atoms with E-state index in [1.807, 2.05) is 30.3 Å². The maximum Gasteiger partial charge on any atom is 0.216 e. The summed E-state index contributed by atoms with van der Waals surface area (Å²) in [7, 11) is 0. The van der Waals surface area contributed by atoms with Crippen molar-refractivity contribution < 1.29 is 4.79 Å². The van der Waals surface area contributed by atoms with Crippen LogP contribution in [0, 0.1) is 0 Å². The second-order valence-electron chi connectivity index (χ2n) is 2.41. The van der Waals surface area contributed by atoms with Gasteiger partial charge in [-0.25, -0.2) is 0 Å². The van der Waals surface area contributed by atoms with Crippen LogP contribution in [0.2, 0.25) is 0 Å². The number of benzene rings is 1. The minimum Gasteiger partial charge on any atom is -0.282 e. The SMILES string of the molecule is O=C(/C=C/C=C/Cl)Sc1ccccc1. The first-order valence-corrected chi connectivity index (χ1v) is 5.28. The minimum atomic E-state index is -0.00836. The highest BCUT2D eigenvalue weighted by molar-refractivity contribution is 8.14. The highest BCUT2D eigenvalue weighted by atomic mass is 35.5. The third-order valence-electron chi connectivity index (χ3n) is 1.38. The van der Waals surface area contributed by atoms with Gasteiger partial charge in [0.2, 0.25) is 5.12 Å². The molecule has 0 aliphatic carbocycles. The third-order valence-corrected chi connectivity index (χ3v) is 2.37. The summed E-state index contributed by atoms with van der Waals surface area (Å²) < 4.78 is 0. The number of carbonyl (C=O) groups excluding carboxylic acids is 1. The topological polar surface area (TPSA) is 17.1 Å². The van der Waals surface area contributed by atoms with E-state index in [-0.39, 0.29) is 5.12 Å². The van der Waals surface area contributed by atoms with Gasteiger partial charge >= 0.3 is 0 Å². The monoisotopic (exact) mass is 224 g/mol. The average molecular weight is 225 g/mol. The standard InChI is InChI=1S/C11H9ClOS/c12-9-5-4-8-11(13)14-10-6-2-1-3-7-10/h1-9H/b8-4+,9-5+. The van der Waals surface area contributed by atoms with Crippen LogP contribution in [0.1, 0.15) is 0 Å². The Morgan fingerprint density at radius 2 is 1.93 bits per heavy atom. The van der Waals surface area contributed by atoms with Gasteiger partial charge in [0.25, 0.3) is 0 Å². The Morgan fingerprint density at radius 1 is 1.21 bits per heavy atom. The highest BCUT2D eigenvalue weighted by Gasteiger charge is 1.98. The number of hydrogen-bond donors (Lipinski definition) is 0. The molecule has 0 N–H and O–H groups in total. The molecule has 0 fully saturated rings. The Bertz CT molecular complexity index is 344. The summed E-state index contributed by atoms with van der Waals surface area (Å²) in [6.07, 6.45) is 4.70. The van der Waals surface area contributed by atoms with E-state index >= 15 is 0 Å². The van der Waals surface area contributed by atoms with Gasteiger partial charge in [0.15, 0.2) is 0 Å². The molecule has 1 aromatic carbocycles. The average Bonchev–Trinajstić information content (AvgIpc) is 2.20. The van der Waals surface area contributed by atoms with E-state index in [1.165, 1.54) is 23.4 Å². The van der Waals surface area contributed by atoms with Crippen molar-refractivity contribution in [3.63, 3.8) is 0 Å². The summed E-state index contributed by atoms with van der Waals surface area (Å²) in [6, 6.07) is 9.51. The van der Waals surface area contributed by atoms with Crippen molar-refractivity contribution in [2.45, 2.75) is 4.90 Å². The van der Waals surface area contributed by atoms with Crippen molar-refractivity contribution >= 4 is 28.5 Å². The van der Waals surface area contributed by atoms with Crippen molar-refractivity contribution in [2.24, 2.45) is 0 Å². The van der Waals surface area contributed by atoms with E-state index in [4.69, 9.17) is 11.6 Å². The van der Waals surface area contributed by atoms with E-state index in [0.717, 1.165) is 4.90 Å². The Balaban J connectivity index is 2.50. The lowest BCUT2D eigenvalue weighted by molar-refractivity contribution is -0.107. The molecule has 0 heterocycles. The molecule has 1 nitrogen and oxygen atoms in total. The van der Waals surface area contributed by atoms with Gasteiger partial charge in [0, 0.05) is 10.4 Å². The zero-order chi connectivity index (χ0) is 10.2. The second-order valence-corrected chi connectivity index (χ2v) is 3.74. The van der Waals surface area contributed by atoms with Gasteiger partial charge < -0.3 is 0 Å². The largest absolute Gasteiger partial charge is 0.282 e. The van der Waals surface area contributed by atoms with Crippen LogP contribution < -0.4 is 0 Å². The van der Waals surface area contributed by atoms with Crippen LogP contribution in [0.5, 0.6) is 0 Å². The van der Waals surface area contributed by atoms with E-state index in [0.29, 0.717) is 0 Å². The predicted molar refractivity (Wildman–Crippen MR) is 61.4 cm³/mol. The van der Waals surface area contributed by atoms with Gasteiger partial charge in [-0.2, -0.15) is 0 Å². The first-order chi connectivity index (χ1) is 6.83. The zero-order valence-corrected chi connectivity index (χ0v) is 8.96. The molecule has 1 rings (SSSR count). The predicted octanol–water partition coefficient (Wildman–Crippen LogP) is 3.61. The van der Waals surface area contributed by atoms with Gasteiger partial charge in [-0.3, -0.25) is 4.79 Å². The van der Waals surface area contributed by atoms with Crippen LogP contribution in [-0.2, 0) is 4.79 Å². The molecule has 0 spiro atoms. The zero-order valence-electron chi connectivity index (χ0n) is 7.39. The van der Waals surface area contributed by atoms with Crippen LogP contribution in [0.25, 0.3) is 0 Å². The molecular weight excluding hydrogens is 216 g/mol. The summed E-state index contributed by atoms with van der Waals surface area (Å²) in [6.45, 7) is 0. The molecule has 0 atom stereocenters. The number of carbonyl (C=O) groups is 1. The Hall–Kier alpha value is -0.990. The molecule has 14 heavy (non-hydrogen) atoms. The van der Waals surface area contributed by atoms with Gasteiger partial charge in [0.1, 0.15) is 0 Å². The molecule has 0 radical (unpaired) electrons. The van der Waals surface area contributed by atoms with Gasteiger partial charge in [-0.05, 0) is 30.0 Å². The molecule has 0 aliphatic rings. The number of hydrogen-bond acceptors (Lipinski definition) is 2. The molecule has 0 saturated heterocycles. The molecule has 0 saturated carbocycles. The highest BCUT2D eigenvalue weighted by Crippen LogP contribution is 2.18. The molecule has 0 aliphatic heterocycles. The summed E-state index contributed by atoms with van der Waals surface area (Å²) in [5.74, 6) is 0. The quantitative estimate of drug-likeness (QED) is 0.443. The van der Waals surface area contributed by atoms with E-state index in [9.17, 15) is 4.79 Å². The lowest BCUT2D eigenvalue weighted by atomic mass is 10.4. The molecule has 0 aromatic heterocycles. The molecule has 3 heteroatoms. The van der Waals surface area contributed by atoms with E-state index < -0.39 is 0 Å². The summed E-state index contributed by atoms with van der Waals surface area (Å²) in [5, 5.41) is -0.00836. The lowest BCUT2D eigenvalue weighted by Crippen LogP contribution is -1.83. The smallest absolute Gasteiger partial charge is 0.216 e. The second kappa shape index (κ2) is 6.46. The first-order valence-electron chi connectivity index (χ1n) is 4.03. The molecule has 0 unspecified atom stereocenters. The Labute approximate surface area is 92.5 Å². The summed E-state index contributed by atoms with van der Waals surface area (Å²) in [4.78, 5) is 12.2. The summed E-state index contributed by atoms with van der Waals surface area (Å²) >= 11 is 6.49. The molecule has 72 valence electrons. The van der Waals surface area contributed by atoms with Gasteiger partial charge in [0.05, 0.1) is 0 Å². The number of halogens is 1. The maximum absolute atomic E-state index is 11.3. The van der Waals surface area contributed by atoms with E-state index in [1.54, 1.807) is 12.2 Å². The molecule has 1 aromatic rings. The maximum atomic E-state index is 11.3. The molecule has 0 bridgehead atoms. The lowest BCUT2D eigenvalue weighted by Gasteiger charge is -1.94. The fourth-order valence-corrected chi connectivity index (χ4v) is 1.57. The number of thioether (sulfide) groups is 1. The fourth-order valence-electron chi connectivity index (χ4n) is 0.815. The van der Waals surface area contributed by atoms with Crippen molar-refractivity contribution in [1.82, 2.24) is 0 Å². The molecular formula is C11H9ClOS. The minimum absolute atomic E-state index is 0.00836. The molecule has 0 amide bonds. The van der Waals surface area contributed by atoms with Crippen LogP contribution >= 0.6 is 23.4 Å². The van der Waals surface area contributed by atoms with Crippen molar-refractivity contribution in [3.8, 4) is 0 Å².